The number of aromatic nitrogens is 2. The first-order chi connectivity index (χ1) is 11.8. The fraction of sp³-hybridized carbons (Fsp3) is 0.167. The number of fused-ring (bicyclic) bond motifs is 1. The number of H-pyrrole nitrogens is 1. The number of hydrogen-bond acceptors (Lipinski definition) is 3. The zero-order chi connectivity index (χ0) is 18.0. The summed E-state index contributed by atoms with van der Waals surface area (Å²) in [6.07, 6.45) is -3.23. The van der Waals surface area contributed by atoms with Gasteiger partial charge in [0.25, 0.3) is 0 Å². The molecule has 0 atom stereocenters. The Morgan fingerprint density at radius 3 is 2.32 bits per heavy atom. The maximum absolute atomic E-state index is 12.7. The van der Waals surface area contributed by atoms with Crippen molar-refractivity contribution in [3.8, 4) is 0 Å². The number of alkyl halides is 3. The van der Waals surface area contributed by atoms with Crippen LogP contribution >= 0.6 is 0 Å². The van der Waals surface area contributed by atoms with Gasteiger partial charge in [0.15, 0.2) is 11.6 Å². The second-order valence-corrected chi connectivity index (χ2v) is 5.56. The summed E-state index contributed by atoms with van der Waals surface area (Å²) in [6, 6.07) is 9.16. The van der Waals surface area contributed by atoms with Crippen LogP contribution in [0.5, 0.6) is 0 Å². The molecule has 25 heavy (non-hydrogen) atoms. The van der Waals surface area contributed by atoms with Gasteiger partial charge in [-0.25, -0.2) is 4.98 Å². The summed E-state index contributed by atoms with van der Waals surface area (Å²) in [5.74, 6) is -0.759. The van der Waals surface area contributed by atoms with Gasteiger partial charge in [-0.2, -0.15) is 13.2 Å². The summed E-state index contributed by atoms with van der Waals surface area (Å²) in [5.41, 5.74) is 0.905. The van der Waals surface area contributed by atoms with Crippen LogP contribution in [0.1, 0.15) is 39.1 Å². The molecule has 1 N–H and O–H groups in total. The molecule has 0 unspecified atom stereocenters. The normalized spacial score (nSPS) is 11.6. The van der Waals surface area contributed by atoms with Crippen LogP contribution in [0.15, 0.2) is 48.8 Å². The molecule has 0 radical (unpaired) electrons. The summed E-state index contributed by atoms with van der Waals surface area (Å²) < 4.78 is 38.1. The molecule has 0 aliphatic rings. The van der Waals surface area contributed by atoms with Gasteiger partial charge in [-0.1, -0.05) is 12.1 Å². The van der Waals surface area contributed by atoms with Crippen LogP contribution in [0.4, 0.5) is 13.2 Å². The van der Waals surface area contributed by atoms with E-state index in [9.17, 15) is 22.8 Å². The number of ketones is 2. The number of rotatable bonds is 5. The van der Waals surface area contributed by atoms with E-state index < -0.39 is 17.5 Å². The highest BCUT2D eigenvalue weighted by molar-refractivity contribution is 6.03. The van der Waals surface area contributed by atoms with E-state index in [1.165, 1.54) is 18.5 Å². The van der Waals surface area contributed by atoms with Crippen molar-refractivity contribution in [1.29, 1.82) is 0 Å². The Morgan fingerprint density at radius 2 is 1.64 bits per heavy atom. The predicted molar refractivity (Wildman–Crippen MR) is 85.4 cm³/mol. The molecule has 0 fully saturated rings. The zero-order valence-electron chi connectivity index (χ0n) is 12.9. The number of Topliss-reactive ketones (excluding diaryl/α,β-unsaturated/α-hetero) is 2. The third-order valence-electron chi connectivity index (χ3n) is 3.83. The largest absolute Gasteiger partial charge is 0.416 e. The monoisotopic (exact) mass is 346 g/mol. The number of benzene rings is 2. The SMILES string of the molecule is O=C(CCC(=O)c1ccc2[nH]cnc2c1)c1cccc(C(F)(F)F)c1. The topological polar surface area (TPSA) is 62.8 Å². The first kappa shape index (κ1) is 16.9. The molecule has 0 aliphatic heterocycles. The molecule has 0 aliphatic carbocycles. The van der Waals surface area contributed by atoms with Crippen molar-refractivity contribution >= 4 is 22.6 Å². The van der Waals surface area contributed by atoms with Crippen molar-refractivity contribution in [2.75, 3.05) is 0 Å². The van der Waals surface area contributed by atoms with Crippen molar-refractivity contribution < 1.29 is 22.8 Å². The van der Waals surface area contributed by atoms with Crippen molar-refractivity contribution in [2.45, 2.75) is 19.0 Å². The van der Waals surface area contributed by atoms with E-state index in [-0.39, 0.29) is 24.2 Å². The Bertz CT molecular complexity index is 945. The Kier molecular flexibility index (Phi) is 4.39. The molecule has 0 spiro atoms. The number of nitrogens with one attached hydrogen (secondary N) is 1. The quantitative estimate of drug-likeness (QED) is 0.695. The van der Waals surface area contributed by atoms with E-state index in [4.69, 9.17) is 0 Å². The maximum atomic E-state index is 12.7. The molecule has 3 aromatic rings. The molecule has 128 valence electrons. The van der Waals surface area contributed by atoms with Gasteiger partial charge < -0.3 is 4.98 Å². The molecule has 7 heteroatoms. The van der Waals surface area contributed by atoms with Crippen molar-refractivity contribution in [1.82, 2.24) is 9.97 Å². The van der Waals surface area contributed by atoms with E-state index >= 15 is 0 Å². The lowest BCUT2D eigenvalue weighted by Crippen LogP contribution is -2.09. The summed E-state index contributed by atoms with van der Waals surface area (Å²) in [6.45, 7) is 0. The molecular formula is C18H13F3N2O2. The molecule has 0 saturated heterocycles. The number of hydrogen-bond donors (Lipinski definition) is 1. The van der Waals surface area contributed by atoms with Gasteiger partial charge in [-0.15, -0.1) is 0 Å². The van der Waals surface area contributed by atoms with Gasteiger partial charge in [-0.3, -0.25) is 9.59 Å². The summed E-state index contributed by atoms with van der Waals surface area (Å²) in [4.78, 5) is 31.3. The molecule has 0 bridgehead atoms. The van der Waals surface area contributed by atoms with Gasteiger partial charge in [0.2, 0.25) is 0 Å². The zero-order valence-corrected chi connectivity index (χ0v) is 12.9. The van der Waals surface area contributed by atoms with Gasteiger partial charge in [0.1, 0.15) is 0 Å². The standard InChI is InChI=1S/C18H13F3N2O2/c19-18(20,21)13-3-1-2-11(8-13)16(24)6-7-17(25)12-4-5-14-15(9-12)23-10-22-14/h1-5,8-10H,6-7H2,(H,22,23). The lowest BCUT2D eigenvalue weighted by molar-refractivity contribution is -0.137. The molecular weight excluding hydrogens is 333 g/mol. The molecule has 0 saturated carbocycles. The number of aromatic amines is 1. The van der Waals surface area contributed by atoms with Crippen LogP contribution in [0.3, 0.4) is 0 Å². The minimum Gasteiger partial charge on any atom is -0.345 e. The van der Waals surface area contributed by atoms with E-state index in [0.29, 0.717) is 11.1 Å². The number of carbonyl (C=O) groups excluding carboxylic acids is 2. The van der Waals surface area contributed by atoms with Crippen LogP contribution in [0.25, 0.3) is 11.0 Å². The predicted octanol–water partition coefficient (Wildman–Crippen LogP) is 4.43. The van der Waals surface area contributed by atoms with Crippen LogP contribution in [-0.4, -0.2) is 21.5 Å². The smallest absolute Gasteiger partial charge is 0.345 e. The van der Waals surface area contributed by atoms with Gasteiger partial charge in [-0.05, 0) is 30.3 Å². The molecule has 1 aromatic heterocycles. The summed E-state index contributed by atoms with van der Waals surface area (Å²) in [7, 11) is 0. The van der Waals surface area contributed by atoms with Crippen molar-refractivity contribution in [2.24, 2.45) is 0 Å². The fourth-order valence-electron chi connectivity index (χ4n) is 2.49. The van der Waals surface area contributed by atoms with Crippen molar-refractivity contribution in [3.63, 3.8) is 0 Å². The summed E-state index contributed by atoms with van der Waals surface area (Å²) in [5, 5.41) is 0. The molecule has 2 aromatic carbocycles. The highest BCUT2D eigenvalue weighted by Gasteiger charge is 2.30. The van der Waals surface area contributed by atoms with Gasteiger partial charge in [0, 0.05) is 24.0 Å². The fourth-order valence-corrected chi connectivity index (χ4v) is 2.49. The van der Waals surface area contributed by atoms with E-state index in [1.807, 2.05) is 0 Å². The second-order valence-electron chi connectivity index (χ2n) is 5.56. The Hall–Kier alpha value is -2.96. The third kappa shape index (κ3) is 3.76. The average molecular weight is 346 g/mol. The highest BCUT2D eigenvalue weighted by Crippen LogP contribution is 2.29. The number of carbonyl (C=O) groups is 2. The van der Waals surface area contributed by atoms with Crippen molar-refractivity contribution in [3.05, 3.63) is 65.5 Å². The minimum atomic E-state index is -4.51. The minimum absolute atomic E-state index is 0.0506. The third-order valence-corrected chi connectivity index (χ3v) is 3.83. The number of halogens is 3. The Morgan fingerprint density at radius 1 is 0.960 bits per heavy atom. The Labute approximate surface area is 140 Å². The summed E-state index contributed by atoms with van der Waals surface area (Å²) >= 11 is 0. The highest BCUT2D eigenvalue weighted by atomic mass is 19.4. The maximum Gasteiger partial charge on any atom is 0.416 e. The van der Waals surface area contributed by atoms with Crippen LogP contribution < -0.4 is 0 Å². The number of nitrogens with zero attached hydrogens (tertiary/aromatic N) is 1. The van der Waals surface area contributed by atoms with E-state index in [2.05, 4.69) is 9.97 Å². The molecule has 0 amide bonds. The van der Waals surface area contributed by atoms with Gasteiger partial charge in [0.05, 0.1) is 22.9 Å². The second kappa shape index (κ2) is 6.51. The lowest BCUT2D eigenvalue weighted by atomic mass is 10.00. The molecule has 3 rings (SSSR count). The first-order valence-corrected chi connectivity index (χ1v) is 7.51. The first-order valence-electron chi connectivity index (χ1n) is 7.51. The molecule has 1 heterocycles. The van der Waals surface area contributed by atoms with Crippen LogP contribution in [-0.2, 0) is 6.18 Å². The number of imidazole rings is 1. The molecule has 4 nitrogen and oxygen atoms in total. The van der Waals surface area contributed by atoms with Crippen LogP contribution in [0, 0.1) is 0 Å². The van der Waals surface area contributed by atoms with E-state index in [1.54, 1.807) is 18.2 Å². The Balaban J connectivity index is 1.68. The van der Waals surface area contributed by atoms with Crippen LogP contribution in [0.2, 0.25) is 0 Å². The van der Waals surface area contributed by atoms with Gasteiger partial charge >= 0.3 is 6.18 Å². The average Bonchev–Trinajstić information content (AvgIpc) is 3.06. The van der Waals surface area contributed by atoms with E-state index in [0.717, 1.165) is 17.6 Å². The lowest BCUT2D eigenvalue weighted by Gasteiger charge is -2.08.